The topological polar surface area (TPSA) is 91.7 Å². The van der Waals surface area contributed by atoms with Crippen LogP contribution in [-0.4, -0.2) is 30.8 Å². The van der Waals surface area contributed by atoms with Crippen LogP contribution in [0.2, 0.25) is 0 Å². The van der Waals surface area contributed by atoms with Crippen LogP contribution < -0.4 is 19.7 Å². The maximum absolute atomic E-state index is 13.7. The number of nitrogens with one attached hydrogen (secondary N) is 1. The molecule has 1 saturated heterocycles. The predicted octanol–water partition coefficient (Wildman–Crippen LogP) is 5.47. The molecule has 4 rings (SSSR count). The molecule has 188 valence electrons. The molecule has 1 aliphatic heterocycles. The van der Waals surface area contributed by atoms with Crippen LogP contribution in [0.4, 0.5) is 11.4 Å². The summed E-state index contributed by atoms with van der Waals surface area (Å²) in [5.74, 6) is 0.328. The van der Waals surface area contributed by atoms with Crippen molar-refractivity contribution in [3.05, 3.63) is 94.5 Å². The number of benzene rings is 3. The van der Waals surface area contributed by atoms with Crippen LogP contribution in [0.15, 0.2) is 83.4 Å². The molecule has 7 nitrogen and oxygen atoms in total. The number of nitriles is 1. The number of aryl methyl sites for hydroxylation is 1. The lowest BCUT2D eigenvalue weighted by molar-refractivity contribution is -0.117. The third-order valence-electron chi connectivity index (χ3n) is 5.77. The van der Waals surface area contributed by atoms with E-state index in [0.29, 0.717) is 40.9 Å². The number of para-hydroxylation sites is 2. The molecule has 1 atom stereocenters. The van der Waals surface area contributed by atoms with Gasteiger partial charge in [0.1, 0.15) is 28.2 Å². The van der Waals surface area contributed by atoms with Gasteiger partial charge in [0.2, 0.25) is 5.91 Å². The number of anilines is 2. The second-order valence-electron chi connectivity index (χ2n) is 8.35. The first-order chi connectivity index (χ1) is 17.9. The van der Waals surface area contributed by atoms with Crippen molar-refractivity contribution in [1.82, 2.24) is 0 Å². The number of hydrogen-bond acceptors (Lipinski definition) is 6. The third kappa shape index (κ3) is 5.79. The van der Waals surface area contributed by atoms with Crippen molar-refractivity contribution in [2.24, 2.45) is 0 Å². The number of hydrogen-bond donors (Lipinski definition) is 1. The molecule has 1 aliphatic rings. The Kier molecular flexibility index (Phi) is 8.16. The van der Waals surface area contributed by atoms with E-state index >= 15 is 0 Å². The summed E-state index contributed by atoms with van der Waals surface area (Å²) in [6.07, 6.45) is 0.467. The molecule has 0 bridgehead atoms. The van der Waals surface area contributed by atoms with E-state index in [1.54, 1.807) is 48.5 Å². The molecular formula is C29H27N3O4S. The first kappa shape index (κ1) is 25.9. The standard InChI is InChI=1S/C29H27N3O4S/c1-4-36-22-14-12-21(13-15-22)32-28(34)26(17-20-9-7-8-19(2)16-20)37-29(32)23(18-30)27(33)31-24-10-5-6-11-25(24)35-3/h5-16,26H,4,17H2,1-3H3,(H,31,33)/b29-23-. The smallest absolute Gasteiger partial charge is 0.269 e. The van der Waals surface area contributed by atoms with Gasteiger partial charge in [-0.3, -0.25) is 14.5 Å². The van der Waals surface area contributed by atoms with Gasteiger partial charge >= 0.3 is 0 Å². The minimum Gasteiger partial charge on any atom is -0.495 e. The monoisotopic (exact) mass is 513 g/mol. The van der Waals surface area contributed by atoms with Crippen molar-refractivity contribution in [3.8, 4) is 17.6 Å². The Morgan fingerprint density at radius 1 is 1.11 bits per heavy atom. The molecule has 1 fully saturated rings. The van der Waals surface area contributed by atoms with Crippen molar-refractivity contribution >= 4 is 35.0 Å². The molecule has 2 amide bonds. The van der Waals surface area contributed by atoms with Gasteiger partial charge in [0.15, 0.2) is 0 Å². The Hall–Kier alpha value is -4.22. The molecule has 37 heavy (non-hydrogen) atoms. The summed E-state index contributed by atoms with van der Waals surface area (Å²) in [4.78, 5) is 28.5. The third-order valence-corrected chi connectivity index (χ3v) is 7.03. The van der Waals surface area contributed by atoms with Gasteiger partial charge in [-0.15, -0.1) is 0 Å². The fraction of sp³-hybridized carbons (Fsp3) is 0.207. The highest BCUT2D eigenvalue weighted by Crippen LogP contribution is 2.42. The van der Waals surface area contributed by atoms with Crippen LogP contribution >= 0.6 is 11.8 Å². The average Bonchev–Trinajstić information content (AvgIpc) is 3.20. The molecule has 0 spiro atoms. The highest BCUT2D eigenvalue weighted by Gasteiger charge is 2.41. The molecule has 1 heterocycles. The lowest BCUT2D eigenvalue weighted by atomic mass is 10.1. The number of amides is 2. The minimum atomic E-state index is -0.616. The van der Waals surface area contributed by atoms with E-state index in [9.17, 15) is 14.9 Å². The zero-order chi connectivity index (χ0) is 26.4. The van der Waals surface area contributed by atoms with Gasteiger partial charge in [-0.1, -0.05) is 53.7 Å². The lowest BCUT2D eigenvalue weighted by Gasteiger charge is -2.19. The van der Waals surface area contributed by atoms with E-state index in [-0.39, 0.29) is 11.5 Å². The van der Waals surface area contributed by atoms with Crippen LogP contribution in [0.5, 0.6) is 11.5 Å². The van der Waals surface area contributed by atoms with Crippen LogP contribution in [0.25, 0.3) is 0 Å². The Balaban J connectivity index is 1.73. The summed E-state index contributed by atoms with van der Waals surface area (Å²) in [7, 11) is 1.50. The fourth-order valence-electron chi connectivity index (χ4n) is 4.07. The summed E-state index contributed by atoms with van der Waals surface area (Å²) < 4.78 is 10.9. The highest BCUT2D eigenvalue weighted by molar-refractivity contribution is 8.05. The normalized spacial score (nSPS) is 16.2. The van der Waals surface area contributed by atoms with E-state index in [1.165, 1.54) is 23.8 Å². The zero-order valence-electron chi connectivity index (χ0n) is 20.9. The van der Waals surface area contributed by atoms with Crippen molar-refractivity contribution < 1.29 is 19.1 Å². The summed E-state index contributed by atoms with van der Waals surface area (Å²) >= 11 is 1.23. The largest absolute Gasteiger partial charge is 0.495 e. The van der Waals surface area contributed by atoms with E-state index in [1.807, 2.05) is 44.2 Å². The molecule has 0 saturated carbocycles. The fourth-order valence-corrected chi connectivity index (χ4v) is 5.37. The SMILES string of the molecule is CCOc1ccc(N2C(=O)C(Cc3cccc(C)c3)S/C2=C(/C#N)C(=O)Nc2ccccc2OC)cc1. The van der Waals surface area contributed by atoms with E-state index in [0.717, 1.165) is 11.1 Å². The van der Waals surface area contributed by atoms with Gasteiger partial charge in [0, 0.05) is 5.69 Å². The molecule has 1 N–H and O–H groups in total. The van der Waals surface area contributed by atoms with Gasteiger partial charge in [-0.25, -0.2) is 0 Å². The number of thioether (sulfide) groups is 1. The maximum Gasteiger partial charge on any atom is 0.269 e. The van der Waals surface area contributed by atoms with E-state index in [4.69, 9.17) is 9.47 Å². The molecular weight excluding hydrogens is 486 g/mol. The Bertz CT molecular complexity index is 1380. The summed E-state index contributed by atoms with van der Waals surface area (Å²) in [5.41, 5.74) is 2.95. The quantitative estimate of drug-likeness (QED) is 0.317. The first-order valence-electron chi connectivity index (χ1n) is 11.8. The van der Waals surface area contributed by atoms with Gasteiger partial charge in [0.05, 0.1) is 24.7 Å². The Morgan fingerprint density at radius 3 is 2.54 bits per heavy atom. The van der Waals surface area contributed by atoms with Gasteiger partial charge < -0.3 is 14.8 Å². The highest BCUT2D eigenvalue weighted by atomic mass is 32.2. The second kappa shape index (κ2) is 11.7. The van der Waals surface area contributed by atoms with Crippen molar-refractivity contribution in [2.75, 3.05) is 23.9 Å². The van der Waals surface area contributed by atoms with Crippen LogP contribution in [0.1, 0.15) is 18.1 Å². The lowest BCUT2D eigenvalue weighted by Crippen LogP contribution is -2.31. The van der Waals surface area contributed by atoms with Crippen molar-refractivity contribution in [2.45, 2.75) is 25.5 Å². The zero-order valence-corrected chi connectivity index (χ0v) is 21.7. The molecule has 8 heteroatoms. The summed E-state index contributed by atoms with van der Waals surface area (Å²) in [6, 6.07) is 24.0. The van der Waals surface area contributed by atoms with E-state index < -0.39 is 11.2 Å². The average molecular weight is 514 g/mol. The molecule has 3 aromatic rings. The Morgan fingerprint density at radius 2 is 1.86 bits per heavy atom. The van der Waals surface area contributed by atoms with Crippen LogP contribution in [0.3, 0.4) is 0 Å². The molecule has 0 aromatic heterocycles. The summed E-state index contributed by atoms with van der Waals surface area (Å²) in [5, 5.41) is 12.6. The molecule has 3 aromatic carbocycles. The summed E-state index contributed by atoms with van der Waals surface area (Å²) in [6.45, 7) is 4.41. The molecule has 0 aliphatic carbocycles. The number of ether oxygens (including phenoxy) is 2. The number of carbonyl (C=O) groups excluding carboxylic acids is 2. The number of methoxy groups -OCH3 is 1. The van der Waals surface area contributed by atoms with Crippen molar-refractivity contribution in [1.29, 1.82) is 5.26 Å². The van der Waals surface area contributed by atoms with Gasteiger partial charge in [-0.05, 0) is 62.2 Å². The minimum absolute atomic E-state index is 0.148. The van der Waals surface area contributed by atoms with Gasteiger partial charge in [0.25, 0.3) is 5.91 Å². The predicted molar refractivity (Wildman–Crippen MR) is 146 cm³/mol. The van der Waals surface area contributed by atoms with Crippen LogP contribution in [-0.2, 0) is 16.0 Å². The molecule has 1 unspecified atom stereocenters. The van der Waals surface area contributed by atoms with Gasteiger partial charge in [-0.2, -0.15) is 5.26 Å². The maximum atomic E-state index is 13.7. The van der Waals surface area contributed by atoms with E-state index in [2.05, 4.69) is 5.32 Å². The Labute approximate surface area is 220 Å². The van der Waals surface area contributed by atoms with Crippen LogP contribution in [0, 0.1) is 18.3 Å². The number of rotatable bonds is 8. The second-order valence-corrected chi connectivity index (χ2v) is 9.54. The first-order valence-corrected chi connectivity index (χ1v) is 12.7. The van der Waals surface area contributed by atoms with Crippen molar-refractivity contribution in [3.63, 3.8) is 0 Å². The molecule has 0 radical (unpaired) electrons. The number of carbonyl (C=O) groups is 2. The number of nitrogens with zero attached hydrogens (tertiary/aromatic N) is 2.